The molecule has 0 aliphatic heterocycles. The van der Waals surface area contributed by atoms with E-state index < -0.39 is 11.9 Å². The summed E-state index contributed by atoms with van der Waals surface area (Å²) in [6.07, 6.45) is -1.86. The molecular formula is C16H14F3N3OS. The van der Waals surface area contributed by atoms with Crippen molar-refractivity contribution >= 4 is 17.3 Å². The number of alkyl halides is 3. The van der Waals surface area contributed by atoms with Crippen molar-refractivity contribution < 1.29 is 17.6 Å². The van der Waals surface area contributed by atoms with Gasteiger partial charge in [-0.3, -0.25) is 0 Å². The first-order valence-electron chi connectivity index (χ1n) is 7.15. The molecule has 0 aliphatic rings. The highest BCUT2D eigenvalue weighted by atomic mass is 32.1. The Morgan fingerprint density at radius 1 is 1.17 bits per heavy atom. The van der Waals surface area contributed by atoms with Gasteiger partial charge >= 0.3 is 6.18 Å². The summed E-state index contributed by atoms with van der Waals surface area (Å²) in [5.74, 6) is 0.650. The fourth-order valence-electron chi connectivity index (χ4n) is 2.20. The second kappa shape index (κ2) is 6.64. The summed E-state index contributed by atoms with van der Waals surface area (Å²) in [4.78, 5) is 11.5. The number of nitrogens with zero attached hydrogens (tertiary/aromatic N) is 3. The first-order chi connectivity index (χ1) is 11.4. The Morgan fingerprint density at radius 2 is 2.00 bits per heavy atom. The standard InChI is InChI=1S/C16H14F3N3OS/c1-11-4-5-13(24-11)10-22(9-12-3-2-8-23-12)15-20-7-6-14(21-15)16(17,18)19/h2-8H,9-10H2,1H3. The SMILES string of the molecule is Cc1ccc(CN(Cc2ccco2)c2nccc(C(F)(F)F)n2)s1. The molecule has 126 valence electrons. The minimum atomic E-state index is -4.51. The topological polar surface area (TPSA) is 42.2 Å². The van der Waals surface area contributed by atoms with Gasteiger partial charge in [0, 0.05) is 16.0 Å². The van der Waals surface area contributed by atoms with Crippen LogP contribution in [0.15, 0.2) is 47.2 Å². The monoisotopic (exact) mass is 353 g/mol. The van der Waals surface area contributed by atoms with Crippen LogP contribution < -0.4 is 4.90 Å². The van der Waals surface area contributed by atoms with E-state index in [1.165, 1.54) is 6.26 Å². The molecule has 0 aromatic carbocycles. The summed E-state index contributed by atoms with van der Waals surface area (Å²) in [5.41, 5.74) is -0.959. The summed E-state index contributed by atoms with van der Waals surface area (Å²) < 4.78 is 44.1. The Morgan fingerprint density at radius 3 is 2.62 bits per heavy atom. The molecule has 0 unspecified atom stereocenters. The highest BCUT2D eigenvalue weighted by Gasteiger charge is 2.33. The van der Waals surface area contributed by atoms with Crippen molar-refractivity contribution in [3.05, 3.63) is 64.0 Å². The Hall–Kier alpha value is -2.35. The van der Waals surface area contributed by atoms with Crippen LogP contribution in [-0.2, 0) is 19.3 Å². The predicted molar refractivity (Wildman–Crippen MR) is 84.7 cm³/mol. The smallest absolute Gasteiger partial charge is 0.433 e. The molecule has 0 bridgehead atoms. The van der Waals surface area contributed by atoms with Crippen molar-refractivity contribution in [1.29, 1.82) is 0 Å². The number of aryl methyl sites for hydroxylation is 1. The average Bonchev–Trinajstić information content (AvgIpc) is 3.18. The molecule has 3 aromatic heterocycles. The highest BCUT2D eigenvalue weighted by molar-refractivity contribution is 7.11. The van der Waals surface area contributed by atoms with Gasteiger partial charge in [0.15, 0.2) is 0 Å². The Bertz CT molecular complexity index is 799. The van der Waals surface area contributed by atoms with Crippen molar-refractivity contribution in [2.24, 2.45) is 0 Å². The first kappa shape index (κ1) is 16.5. The van der Waals surface area contributed by atoms with Crippen LogP contribution in [0.5, 0.6) is 0 Å². The molecule has 3 aromatic rings. The van der Waals surface area contributed by atoms with E-state index in [0.717, 1.165) is 22.0 Å². The molecule has 0 aliphatic carbocycles. The molecule has 3 rings (SSSR count). The summed E-state index contributed by atoms with van der Waals surface area (Å²) in [7, 11) is 0. The van der Waals surface area contributed by atoms with E-state index in [0.29, 0.717) is 12.3 Å². The number of furan rings is 1. The molecule has 0 spiro atoms. The van der Waals surface area contributed by atoms with Gasteiger partial charge in [-0.05, 0) is 37.3 Å². The van der Waals surface area contributed by atoms with Crippen molar-refractivity contribution in [3.63, 3.8) is 0 Å². The van der Waals surface area contributed by atoms with Gasteiger partial charge < -0.3 is 9.32 Å². The summed E-state index contributed by atoms with van der Waals surface area (Å²) >= 11 is 1.58. The summed E-state index contributed by atoms with van der Waals surface area (Å²) in [5, 5.41) is 0. The molecule has 0 atom stereocenters. The lowest BCUT2D eigenvalue weighted by molar-refractivity contribution is -0.141. The number of hydrogen-bond acceptors (Lipinski definition) is 5. The van der Waals surface area contributed by atoms with Gasteiger partial charge in [-0.1, -0.05) is 0 Å². The molecule has 4 nitrogen and oxygen atoms in total. The third-order valence-electron chi connectivity index (χ3n) is 3.29. The minimum Gasteiger partial charge on any atom is -0.467 e. The van der Waals surface area contributed by atoms with E-state index in [2.05, 4.69) is 9.97 Å². The molecule has 0 N–H and O–H groups in total. The fraction of sp³-hybridized carbons (Fsp3) is 0.250. The van der Waals surface area contributed by atoms with Crippen molar-refractivity contribution in [3.8, 4) is 0 Å². The van der Waals surface area contributed by atoms with Gasteiger partial charge in [-0.15, -0.1) is 11.3 Å². The van der Waals surface area contributed by atoms with Crippen LogP contribution >= 0.6 is 11.3 Å². The second-order valence-corrected chi connectivity index (χ2v) is 6.56. The normalized spacial score (nSPS) is 11.7. The molecule has 0 saturated carbocycles. The van der Waals surface area contributed by atoms with Crippen molar-refractivity contribution in [1.82, 2.24) is 9.97 Å². The number of hydrogen-bond donors (Lipinski definition) is 0. The number of thiophene rings is 1. The molecule has 0 amide bonds. The van der Waals surface area contributed by atoms with Gasteiger partial charge in [0.1, 0.15) is 11.5 Å². The van der Waals surface area contributed by atoms with Crippen LogP contribution in [0, 0.1) is 6.92 Å². The van der Waals surface area contributed by atoms with Gasteiger partial charge in [-0.25, -0.2) is 9.97 Å². The number of rotatable bonds is 5. The maximum absolute atomic E-state index is 12.9. The van der Waals surface area contributed by atoms with E-state index in [4.69, 9.17) is 4.42 Å². The third kappa shape index (κ3) is 3.94. The number of aromatic nitrogens is 2. The Balaban J connectivity index is 1.91. The second-order valence-electron chi connectivity index (χ2n) is 5.19. The average molecular weight is 353 g/mol. The predicted octanol–water partition coefficient (Wildman–Crippen LogP) is 4.67. The van der Waals surface area contributed by atoms with Crippen LogP contribution in [0.25, 0.3) is 0 Å². The quantitative estimate of drug-likeness (QED) is 0.669. The molecule has 24 heavy (non-hydrogen) atoms. The zero-order chi connectivity index (χ0) is 17.2. The third-order valence-corrected chi connectivity index (χ3v) is 4.27. The molecule has 8 heteroatoms. The number of halogens is 3. The van der Waals surface area contributed by atoms with E-state index in [9.17, 15) is 13.2 Å². The fourth-order valence-corrected chi connectivity index (χ4v) is 3.11. The van der Waals surface area contributed by atoms with E-state index in [1.54, 1.807) is 28.4 Å². The molecule has 0 radical (unpaired) electrons. The molecule has 3 heterocycles. The lowest BCUT2D eigenvalue weighted by Gasteiger charge is -2.21. The number of anilines is 1. The zero-order valence-corrected chi connectivity index (χ0v) is 13.6. The van der Waals surface area contributed by atoms with Gasteiger partial charge in [0.25, 0.3) is 0 Å². The van der Waals surface area contributed by atoms with Crippen LogP contribution in [0.3, 0.4) is 0 Å². The van der Waals surface area contributed by atoms with Crippen LogP contribution in [0.2, 0.25) is 0 Å². The maximum Gasteiger partial charge on any atom is 0.433 e. The van der Waals surface area contributed by atoms with Crippen molar-refractivity contribution in [2.45, 2.75) is 26.2 Å². The lowest BCUT2D eigenvalue weighted by atomic mass is 10.3. The van der Waals surface area contributed by atoms with Crippen LogP contribution in [0.4, 0.5) is 19.1 Å². The van der Waals surface area contributed by atoms with E-state index in [1.807, 2.05) is 19.1 Å². The molecular weight excluding hydrogens is 339 g/mol. The van der Waals surface area contributed by atoms with Gasteiger partial charge in [0.2, 0.25) is 5.95 Å². The highest BCUT2D eigenvalue weighted by Crippen LogP contribution is 2.29. The maximum atomic E-state index is 12.9. The zero-order valence-electron chi connectivity index (χ0n) is 12.7. The summed E-state index contributed by atoms with van der Waals surface area (Å²) in [6, 6.07) is 8.28. The van der Waals surface area contributed by atoms with Gasteiger partial charge in [0.05, 0.1) is 19.4 Å². The minimum absolute atomic E-state index is 0.0206. The lowest BCUT2D eigenvalue weighted by Crippen LogP contribution is -2.24. The van der Waals surface area contributed by atoms with Crippen LogP contribution in [0.1, 0.15) is 21.2 Å². The summed E-state index contributed by atoms with van der Waals surface area (Å²) in [6.45, 7) is 2.66. The van der Waals surface area contributed by atoms with Gasteiger partial charge in [-0.2, -0.15) is 13.2 Å². The molecule has 0 fully saturated rings. The molecule has 0 saturated heterocycles. The van der Waals surface area contributed by atoms with E-state index in [-0.39, 0.29) is 12.5 Å². The first-order valence-corrected chi connectivity index (χ1v) is 7.96. The largest absolute Gasteiger partial charge is 0.467 e. The van der Waals surface area contributed by atoms with Crippen molar-refractivity contribution in [2.75, 3.05) is 4.90 Å². The van der Waals surface area contributed by atoms with Crippen LogP contribution in [-0.4, -0.2) is 9.97 Å². The Labute approximate surface area is 140 Å². The van der Waals surface area contributed by atoms with E-state index >= 15 is 0 Å². The Kier molecular flexibility index (Phi) is 4.57.